The van der Waals surface area contributed by atoms with E-state index in [4.69, 9.17) is 206 Å². The molecular formula is C71H108B6N6O41P6. The number of nitrogens with one attached hydrogen (secondary N) is 2. The van der Waals surface area contributed by atoms with Crippen molar-refractivity contribution in [3.8, 4) is 24.7 Å². The molecule has 716 valence electrons. The molecule has 2 amide bonds. The zero-order chi connectivity index (χ0) is 95.8. The number of Topliss-reactive ketones (excluding diaryl/α,β-unsaturated/α-hetero) is 2. The number of nitrogens with zero attached hydrogens (tertiary/aromatic N) is 4. The number of phosphoric ester groups is 6. The Morgan fingerprint density at radius 3 is 1.00 bits per heavy atom. The number of carbonyl (C=O) groups is 4. The van der Waals surface area contributed by atoms with Gasteiger partial charge in [-0.2, -0.15) is 0 Å². The van der Waals surface area contributed by atoms with Gasteiger partial charge in [0.25, 0.3) is 0 Å². The number of hydrogen-bond acceptors (Lipinski definition) is 40. The van der Waals surface area contributed by atoms with Crippen molar-refractivity contribution < 1.29 is 191 Å². The predicted molar refractivity (Wildman–Crippen MR) is 453 cm³/mol. The van der Waals surface area contributed by atoms with Gasteiger partial charge in [0.2, 0.25) is 38.0 Å². The average molecular weight is 1950 g/mol. The summed E-state index contributed by atoms with van der Waals surface area (Å²) in [6, 6.07) is -5.81. The molecule has 47 nitrogen and oxygen atoms in total. The summed E-state index contributed by atoms with van der Waals surface area (Å²) in [5.41, 5.74) is 0. The maximum Gasteiger partial charge on any atom is 0.475 e. The Bertz CT molecular complexity index is 4010. The molecule has 0 aliphatic carbocycles. The smallest absolute Gasteiger partial charge is 0.396 e. The van der Waals surface area contributed by atoms with Crippen LogP contribution in [-0.4, -0.2) is 384 Å². The van der Waals surface area contributed by atoms with E-state index in [-0.39, 0.29) is 193 Å². The van der Waals surface area contributed by atoms with Crippen molar-refractivity contribution in [2.45, 2.75) is 186 Å². The zero-order valence-corrected chi connectivity index (χ0v) is 76.8. The summed E-state index contributed by atoms with van der Waals surface area (Å²) in [7, 11) is 9.14. The average Bonchev–Trinajstić information content (AvgIpc) is 1.67. The van der Waals surface area contributed by atoms with E-state index in [1.54, 1.807) is 0 Å². The summed E-state index contributed by atoms with van der Waals surface area (Å²) in [6.07, 6.45) is -4.49. The molecule has 6 saturated heterocycles. The second-order valence-electron chi connectivity index (χ2n) is 28.9. The number of rotatable bonds is 68. The largest absolute Gasteiger partial charge is 0.475 e. The fourth-order valence-corrected chi connectivity index (χ4v) is 20.5. The number of ether oxygens (including phenoxy) is 9. The Morgan fingerprint density at radius 1 is 0.408 bits per heavy atom. The van der Waals surface area contributed by atoms with Gasteiger partial charge in [-0.05, 0) is 38.5 Å². The summed E-state index contributed by atoms with van der Waals surface area (Å²) in [5.74, 6) is 1.67. The van der Waals surface area contributed by atoms with Crippen LogP contribution in [0.1, 0.15) is 77.0 Å². The van der Waals surface area contributed by atoms with Gasteiger partial charge in [-0.15, -0.1) is 12.8 Å². The van der Waals surface area contributed by atoms with E-state index in [0.29, 0.717) is 0 Å². The molecule has 59 heteroatoms. The van der Waals surface area contributed by atoms with E-state index in [2.05, 4.69) is 41.9 Å². The molecule has 6 rings (SSSR count). The van der Waals surface area contributed by atoms with Gasteiger partial charge in [-0.25, -0.2) is 53.7 Å². The maximum absolute atomic E-state index is 14.2. The highest BCUT2D eigenvalue weighted by Crippen LogP contribution is 2.59. The Labute approximate surface area is 763 Å². The van der Waals surface area contributed by atoms with Gasteiger partial charge in [0.05, 0.1) is 135 Å². The standard InChI is InChI=1S/C37H57B3N3O21P3.C34H51B3N3O20P3/c1-5-12-52-13-7-37(47)43-8-6-27(46)17-26(22-51-4)23-56-67(50,55-16-11-44)64-30-20-36(40)61-33(30)25-58-66(49,54-15-10-42-3)63-29-19-35(39)60-32(29)24-57-65(48,53-14-9-41-2)62-28-18-34(38)59-31(28)21-45;1-4-10-49-11-6-34(44)40-7-5-24(43)14-23(18-41)20-52-61(45,46)58-26-16-32(36)56-29(26)21-53-63(48,51-13-9-39-3)60-27-17-33(37)57-30(27)22-54-62(47,50-12-8-38-2)59-25-15-31(35)55-28(25)19-42/h1,26,28-36,44-45H,6-25H2,4H3,(H,43,47);1,23,25-33,41-42H,5-22H2,(H,40,44)(H,45,46)/t26?,28-,29-,30-,31-,32-,33-,34-,35-,36-,65?,66?,67?;23?,25-,26-,27-,28-,29-,30-,31-,32-,33-,62?,63?/m11/s1. The van der Waals surface area contributed by atoms with Gasteiger partial charge >= 0.3 is 46.9 Å². The predicted octanol–water partition coefficient (Wildman–Crippen LogP) is 1.34. The van der Waals surface area contributed by atoms with Gasteiger partial charge in [0.15, 0.2) is 0 Å². The number of carbonyl (C=O) groups excluding carboxylic acids is 4. The van der Waals surface area contributed by atoms with Crippen LogP contribution in [0.25, 0.3) is 19.4 Å². The first kappa shape index (κ1) is 116. The number of methoxy groups -OCH3 is 1. The lowest BCUT2D eigenvalue weighted by Crippen LogP contribution is -2.32. The lowest BCUT2D eigenvalue weighted by Gasteiger charge is -2.28. The van der Waals surface area contributed by atoms with Crippen molar-refractivity contribution in [1.82, 2.24) is 10.6 Å². The number of terminal acetylenes is 2. The van der Waals surface area contributed by atoms with E-state index in [9.17, 15) is 71.9 Å². The van der Waals surface area contributed by atoms with E-state index in [1.807, 2.05) is 0 Å². The summed E-state index contributed by atoms with van der Waals surface area (Å²) in [5, 5.41) is 43.8. The molecule has 0 bridgehead atoms. The highest BCUT2D eigenvalue weighted by molar-refractivity contribution is 7.49. The highest BCUT2D eigenvalue weighted by Gasteiger charge is 2.51. The third-order valence-electron chi connectivity index (χ3n) is 18.5. The van der Waals surface area contributed by atoms with E-state index in [0.717, 1.165) is 0 Å². The first-order chi connectivity index (χ1) is 62.0. The minimum absolute atomic E-state index is 0.00847. The molecule has 6 fully saturated rings. The fourth-order valence-electron chi connectivity index (χ4n) is 12.5. The molecule has 6 heterocycles. The van der Waals surface area contributed by atoms with E-state index >= 15 is 0 Å². The van der Waals surface area contributed by atoms with Crippen LogP contribution in [0.2, 0.25) is 0 Å². The topological polar surface area (TPSA) is 553 Å². The van der Waals surface area contributed by atoms with Gasteiger partial charge in [-0.1, -0.05) is 11.8 Å². The number of aliphatic hydroxyl groups excluding tert-OH is 4. The number of hydrogen-bond donors (Lipinski definition) is 7. The third kappa shape index (κ3) is 45.0. The minimum atomic E-state index is -4.93. The van der Waals surface area contributed by atoms with Gasteiger partial charge < -0.3 is 98.0 Å². The highest BCUT2D eigenvalue weighted by atomic mass is 31.2. The SMILES string of the molecule is [B][C@H]1C[C@@H](OP(=O)(O)OCC(CO)CC(=O)CCNC(=O)CCOCC#C)[C@@H](COP(=O)(OCC[N+]#[C-])O[C@@H]2C[C@H]([B])O[C@@H]2COP(=O)(OCC[N+]#[C-])O[C@@H]2C[C@H]([B])O[C@@H]2CO)O1.[B][C@H]1C[C@@H](OP(=O)(OCC[N+]#[C-])OC[C@H]2O[C@@H]([B])C[C@H]2OP(=O)(OCC[N+]#[C-])OC[C@H]2O[C@@H]([B])C[C@H]2OP(=O)(OCCO)OCC(COC)CC(=O)CCNC(=O)CCOCC#C)[C@@H](CO)O1. The molecule has 7 N–H and O–H groups in total. The van der Waals surface area contributed by atoms with Crippen molar-refractivity contribution in [2.75, 3.05) is 179 Å². The molecule has 26 atom stereocenters. The molecule has 0 aromatic rings. The van der Waals surface area contributed by atoms with E-state index < -0.39 is 247 Å². The van der Waals surface area contributed by atoms with Crippen LogP contribution >= 0.6 is 46.9 Å². The van der Waals surface area contributed by atoms with Crippen LogP contribution in [0.3, 0.4) is 0 Å². The Balaban J connectivity index is 0.000000461. The Kier molecular flexibility index (Phi) is 55.5. The monoisotopic (exact) mass is 1950 g/mol. The van der Waals surface area contributed by atoms with Gasteiger partial charge in [-0.3, -0.25) is 96.1 Å². The quantitative estimate of drug-likeness (QED) is 0.0148. The van der Waals surface area contributed by atoms with Crippen LogP contribution in [-0.2, 0) is 166 Å². The van der Waals surface area contributed by atoms with Crippen molar-refractivity contribution >= 4 is 117 Å². The summed E-state index contributed by atoms with van der Waals surface area (Å²) in [4.78, 5) is 72.3. The first-order valence-corrected chi connectivity index (χ1v) is 49.6. The normalized spacial score (nSPS) is 28.5. The molecule has 0 aromatic carbocycles. The molecule has 6 aliphatic rings. The lowest BCUT2D eigenvalue weighted by molar-refractivity contribution is -0.124. The molecule has 130 heavy (non-hydrogen) atoms. The third-order valence-corrected chi connectivity index (χ3v) is 26.9. The summed E-state index contributed by atoms with van der Waals surface area (Å²) in [6.45, 7) is 20.0. The second kappa shape index (κ2) is 62.0. The molecule has 0 saturated carbocycles. The minimum Gasteiger partial charge on any atom is -0.396 e. The first-order valence-electron chi connectivity index (χ1n) is 40.8. The Morgan fingerprint density at radius 2 is 0.700 bits per heavy atom. The molecule has 12 radical (unpaired) electrons. The van der Waals surface area contributed by atoms with Crippen molar-refractivity contribution in [1.29, 1.82) is 0 Å². The summed E-state index contributed by atoms with van der Waals surface area (Å²) >= 11 is 0. The second-order valence-corrected chi connectivity index (χ2v) is 38.4. The Hall–Kier alpha value is -4.11. The molecular weight excluding hydrogens is 1840 g/mol. The number of amides is 2. The molecule has 8 unspecified atom stereocenters. The zero-order valence-electron chi connectivity index (χ0n) is 71.4. The number of aliphatic hydroxyl groups is 4. The maximum atomic E-state index is 14.2. The van der Waals surface area contributed by atoms with Crippen molar-refractivity contribution in [3.63, 3.8) is 0 Å². The van der Waals surface area contributed by atoms with Crippen LogP contribution < -0.4 is 10.6 Å². The van der Waals surface area contributed by atoms with Gasteiger partial charge in [0.1, 0.15) is 135 Å². The van der Waals surface area contributed by atoms with Crippen LogP contribution in [0, 0.1) is 62.8 Å². The van der Waals surface area contributed by atoms with Crippen LogP contribution in [0.15, 0.2) is 0 Å². The van der Waals surface area contributed by atoms with E-state index in [1.165, 1.54) is 7.11 Å². The molecule has 6 aliphatic heterocycles. The van der Waals surface area contributed by atoms with Crippen molar-refractivity contribution in [2.24, 2.45) is 11.8 Å². The number of ketones is 2. The lowest BCUT2D eigenvalue weighted by atomic mass is 9.96. The van der Waals surface area contributed by atoms with Gasteiger partial charge in [0, 0.05) is 100 Å². The van der Waals surface area contributed by atoms with Crippen LogP contribution in [0.4, 0.5) is 0 Å². The molecule has 0 spiro atoms. The fraction of sp³-hybridized carbons (Fsp3) is 0.831. The number of phosphoric acid groups is 6. The van der Waals surface area contributed by atoms with Crippen molar-refractivity contribution in [3.05, 3.63) is 45.7 Å². The summed E-state index contributed by atoms with van der Waals surface area (Å²) < 4.78 is 225. The molecule has 0 aromatic heterocycles. The van der Waals surface area contributed by atoms with Crippen LogP contribution in [0.5, 0.6) is 0 Å².